The largest absolute Gasteiger partial charge is 0.315 e. The fourth-order valence-electron chi connectivity index (χ4n) is 4.30. The van der Waals surface area contributed by atoms with Gasteiger partial charge in [0.25, 0.3) is 0 Å². The van der Waals surface area contributed by atoms with Crippen molar-refractivity contribution >= 4 is 0 Å². The lowest BCUT2D eigenvalue weighted by Gasteiger charge is -2.28. The van der Waals surface area contributed by atoms with Crippen LogP contribution in [0.4, 0.5) is 0 Å². The molecule has 0 spiro atoms. The lowest BCUT2D eigenvalue weighted by Crippen LogP contribution is -2.38. The van der Waals surface area contributed by atoms with Crippen molar-refractivity contribution in [3.8, 4) is 0 Å². The standard InChI is InChI=1S/C15H24N4/c1-2-4-14-17-18-15(19(14)7-3-1)10-11-8-12-5-6-13(9-11)16-12/h11-13,16H,1-10H2. The van der Waals surface area contributed by atoms with Gasteiger partial charge in [0.05, 0.1) is 0 Å². The number of nitrogens with zero attached hydrogens (tertiary/aromatic N) is 3. The van der Waals surface area contributed by atoms with Gasteiger partial charge in [-0.1, -0.05) is 6.42 Å². The molecular weight excluding hydrogens is 236 g/mol. The molecule has 0 amide bonds. The van der Waals surface area contributed by atoms with Crippen molar-refractivity contribution in [2.45, 2.75) is 76.4 Å². The fraction of sp³-hybridized carbons (Fsp3) is 0.867. The fourth-order valence-corrected chi connectivity index (χ4v) is 4.30. The molecule has 3 aliphatic rings. The zero-order valence-electron chi connectivity index (χ0n) is 11.6. The Morgan fingerprint density at radius 3 is 2.74 bits per heavy atom. The number of piperidine rings is 1. The first-order valence-corrected chi connectivity index (χ1v) is 8.05. The van der Waals surface area contributed by atoms with Crippen molar-refractivity contribution < 1.29 is 0 Å². The van der Waals surface area contributed by atoms with Crippen molar-refractivity contribution in [1.82, 2.24) is 20.1 Å². The van der Waals surface area contributed by atoms with E-state index in [1.54, 1.807) is 0 Å². The molecule has 2 saturated heterocycles. The van der Waals surface area contributed by atoms with Crippen LogP contribution in [0.5, 0.6) is 0 Å². The molecule has 4 heterocycles. The first-order chi connectivity index (χ1) is 9.38. The van der Waals surface area contributed by atoms with Crippen LogP contribution in [0.25, 0.3) is 0 Å². The molecule has 4 rings (SSSR count). The molecule has 0 saturated carbocycles. The van der Waals surface area contributed by atoms with E-state index in [-0.39, 0.29) is 0 Å². The van der Waals surface area contributed by atoms with Crippen LogP contribution in [0, 0.1) is 5.92 Å². The molecule has 2 bridgehead atoms. The van der Waals surface area contributed by atoms with Crippen LogP contribution in [0.1, 0.15) is 56.6 Å². The Labute approximate surface area is 115 Å². The maximum absolute atomic E-state index is 4.50. The number of rotatable bonds is 2. The minimum atomic E-state index is 0.787. The van der Waals surface area contributed by atoms with E-state index in [4.69, 9.17) is 0 Å². The monoisotopic (exact) mass is 260 g/mol. The normalized spacial score (nSPS) is 34.0. The SMILES string of the molecule is C1CCc2nnc(CC3CC4CCC(C3)N4)n2CC1. The summed E-state index contributed by atoms with van der Waals surface area (Å²) in [6, 6.07) is 1.57. The summed E-state index contributed by atoms with van der Waals surface area (Å²) in [6.45, 7) is 1.15. The van der Waals surface area contributed by atoms with Gasteiger partial charge in [-0.3, -0.25) is 0 Å². The van der Waals surface area contributed by atoms with Gasteiger partial charge in [-0.25, -0.2) is 0 Å². The second-order valence-corrected chi connectivity index (χ2v) is 6.67. The summed E-state index contributed by atoms with van der Waals surface area (Å²) in [5, 5.41) is 12.7. The van der Waals surface area contributed by atoms with Crippen molar-refractivity contribution in [3.05, 3.63) is 11.6 Å². The second-order valence-electron chi connectivity index (χ2n) is 6.67. The molecule has 2 fully saturated rings. The van der Waals surface area contributed by atoms with Gasteiger partial charge in [-0.2, -0.15) is 0 Å². The molecule has 0 aromatic carbocycles. The quantitative estimate of drug-likeness (QED) is 0.885. The highest BCUT2D eigenvalue weighted by Gasteiger charge is 2.34. The highest BCUT2D eigenvalue weighted by molar-refractivity contribution is 5.01. The number of hydrogen-bond donors (Lipinski definition) is 1. The zero-order chi connectivity index (χ0) is 12.7. The van der Waals surface area contributed by atoms with E-state index < -0.39 is 0 Å². The van der Waals surface area contributed by atoms with Gasteiger partial charge in [0.1, 0.15) is 11.6 Å². The van der Waals surface area contributed by atoms with Crippen LogP contribution in [-0.2, 0) is 19.4 Å². The van der Waals surface area contributed by atoms with Gasteiger partial charge in [0.15, 0.2) is 0 Å². The van der Waals surface area contributed by atoms with Gasteiger partial charge in [0.2, 0.25) is 0 Å². The van der Waals surface area contributed by atoms with Crippen LogP contribution < -0.4 is 5.32 Å². The van der Waals surface area contributed by atoms with Gasteiger partial charge in [-0.05, 0) is 44.4 Å². The van der Waals surface area contributed by atoms with E-state index in [2.05, 4.69) is 20.1 Å². The molecule has 0 aliphatic carbocycles. The van der Waals surface area contributed by atoms with E-state index in [1.807, 2.05) is 0 Å². The Kier molecular flexibility index (Phi) is 3.06. The van der Waals surface area contributed by atoms with Crippen molar-refractivity contribution in [1.29, 1.82) is 0 Å². The summed E-state index contributed by atoms with van der Waals surface area (Å²) in [4.78, 5) is 0. The van der Waals surface area contributed by atoms with Gasteiger partial charge < -0.3 is 9.88 Å². The van der Waals surface area contributed by atoms with E-state index in [0.29, 0.717) is 0 Å². The molecule has 1 aromatic rings. The average Bonchev–Trinajstić information content (AvgIpc) is 2.85. The number of aromatic nitrogens is 3. The topological polar surface area (TPSA) is 42.7 Å². The van der Waals surface area contributed by atoms with Crippen LogP contribution in [0.15, 0.2) is 0 Å². The number of nitrogens with one attached hydrogen (secondary N) is 1. The minimum Gasteiger partial charge on any atom is -0.315 e. The Bertz CT molecular complexity index is 441. The molecular formula is C15H24N4. The Morgan fingerprint density at radius 2 is 1.89 bits per heavy atom. The summed E-state index contributed by atoms with van der Waals surface area (Å²) in [7, 11) is 0. The van der Waals surface area contributed by atoms with Gasteiger partial charge >= 0.3 is 0 Å². The van der Waals surface area contributed by atoms with E-state index in [1.165, 1.54) is 56.6 Å². The zero-order valence-corrected chi connectivity index (χ0v) is 11.6. The molecule has 104 valence electrons. The van der Waals surface area contributed by atoms with Crippen LogP contribution in [0.2, 0.25) is 0 Å². The third kappa shape index (κ3) is 2.31. The van der Waals surface area contributed by atoms with E-state index in [9.17, 15) is 0 Å². The molecule has 1 N–H and O–H groups in total. The molecule has 19 heavy (non-hydrogen) atoms. The molecule has 2 atom stereocenters. The first-order valence-electron chi connectivity index (χ1n) is 8.05. The predicted octanol–water partition coefficient (Wildman–Crippen LogP) is 2.08. The maximum atomic E-state index is 4.50. The van der Waals surface area contributed by atoms with Crippen molar-refractivity contribution in [3.63, 3.8) is 0 Å². The summed E-state index contributed by atoms with van der Waals surface area (Å²) in [5.41, 5.74) is 0. The summed E-state index contributed by atoms with van der Waals surface area (Å²) in [6.07, 6.45) is 11.7. The average molecular weight is 260 g/mol. The lowest BCUT2D eigenvalue weighted by molar-refractivity contribution is 0.292. The van der Waals surface area contributed by atoms with Crippen LogP contribution >= 0.6 is 0 Å². The highest BCUT2D eigenvalue weighted by atomic mass is 15.3. The van der Waals surface area contributed by atoms with E-state index in [0.717, 1.165) is 37.4 Å². The molecule has 2 unspecified atom stereocenters. The smallest absolute Gasteiger partial charge is 0.133 e. The predicted molar refractivity (Wildman–Crippen MR) is 74.0 cm³/mol. The third-order valence-electron chi connectivity index (χ3n) is 5.23. The van der Waals surface area contributed by atoms with Gasteiger partial charge in [-0.15, -0.1) is 10.2 Å². The van der Waals surface area contributed by atoms with E-state index >= 15 is 0 Å². The first kappa shape index (κ1) is 11.9. The molecule has 3 aliphatic heterocycles. The molecule has 4 nitrogen and oxygen atoms in total. The Balaban J connectivity index is 1.49. The second kappa shape index (κ2) is 4.89. The van der Waals surface area contributed by atoms with Crippen molar-refractivity contribution in [2.75, 3.05) is 0 Å². The van der Waals surface area contributed by atoms with Crippen LogP contribution in [-0.4, -0.2) is 26.8 Å². The molecule has 4 heteroatoms. The minimum absolute atomic E-state index is 0.787. The van der Waals surface area contributed by atoms with Crippen molar-refractivity contribution in [2.24, 2.45) is 5.92 Å². The number of fused-ring (bicyclic) bond motifs is 3. The Morgan fingerprint density at radius 1 is 1.05 bits per heavy atom. The van der Waals surface area contributed by atoms with Crippen LogP contribution in [0.3, 0.4) is 0 Å². The van der Waals surface area contributed by atoms with Gasteiger partial charge in [0, 0.05) is 31.5 Å². The number of hydrogen-bond acceptors (Lipinski definition) is 3. The molecule has 1 aromatic heterocycles. The highest BCUT2D eigenvalue weighted by Crippen LogP contribution is 2.32. The Hall–Kier alpha value is -0.900. The number of aryl methyl sites for hydroxylation is 1. The summed E-state index contributed by atoms with van der Waals surface area (Å²) < 4.78 is 2.43. The summed E-state index contributed by atoms with van der Waals surface area (Å²) in [5.74, 6) is 3.34. The third-order valence-corrected chi connectivity index (χ3v) is 5.23. The lowest BCUT2D eigenvalue weighted by atomic mass is 9.89. The molecule has 0 radical (unpaired) electrons. The maximum Gasteiger partial charge on any atom is 0.133 e. The summed E-state index contributed by atoms with van der Waals surface area (Å²) >= 11 is 0.